The highest BCUT2D eigenvalue weighted by molar-refractivity contribution is 6.30. The van der Waals surface area contributed by atoms with Crippen LogP contribution in [0.1, 0.15) is 37.6 Å². The van der Waals surface area contributed by atoms with Crippen molar-refractivity contribution in [1.29, 1.82) is 0 Å². The summed E-state index contributed by atoms with van der Waals surface area (Å²) in [6.45, 7) is 2.80. The van der Waals surface area contributed by atoms with Gasteiger partial charge < -0.3 is 19.7 Å². The minimum Gasteiger partial charge on any atom is -0.482 e. The second-order valence-electron chi connectivity index (χ2n) is 9.35. The molecule has 0 radical (unpaired) electrons. The van der Waals surface area contributed by atoms with E-state index in [0.717, 1.165) is 49.7 Å². The van der Waals surface area contributed by atoms with Gasteiger partial charge in [-0.15, -0.1) is 10.2 Å². The zero-order chi connectivity index (χ0) is 23.1. The maximum Gasteiger partial charge on any atom is 0.242 e. The van der Waals surface area contributed by atoms with Gasteiger partial charge in [-0.3, -0.25) is 0 Å². The fraction of sp³-hybridized carbons (Fsp3) is 0.500. The van der Waals surface area contributed by atoms with Crippen LogP contribution in [0.25, 0.3) is 0 Å². The summed E-state index contributed by atoms with van der Waals surface area (Å²) in [6, 6.07) is 9.85. The molecule has 0 spiro atoms. The monoisotopic (exact) mass is 481 g/mol. The molecule has 2 aliphatic heterocycles. The summed E-state index contributed by atoms with van der Waals surface area (Å²) < 4.78 is 13.5. The number of anilines is 2. The van der Waals surface area contributed by atoms with Gasteiger partial charge in [-0.05, 0) is 55.7 Å². The van der Waals surface area contributed by atoms with Crippen LogP contribution in [0, 0.1) is 11.8 Å². The van der Waals surface area contributed by atoms with Crippen molar-refractivity contribution in [3.05, 3.63) is 47.4 Å². The summed E-state index contributed by atoms with van der Waals surface area (Å²) in [5, 5.41) is 17.2. The number of halogens is 1. The number of piperidine rings is 1. The number of aryl methyl sites for hydroxylation is 1. The number of methoxy groups -OCH3 is 1. The SMILES string of the molecule is COc1cc(N2C[C@H]3CC[C@@H](C2)C3Nc2nc3n(n2)CCC[C@H]3Oc2cccc(Cl)c2)cnn1. The van der Waals surface area contributed by atoms with Gasteiger partial charge in [0.1, 0.15) is 5.75 Å². The molecular weight excluding hydrogens is 454 g/mol. The van der Waals surface area contributed by atoms with Crippen molar-refractivity contribution in [2.45, 2.75) is 44.4 Å². The van der Waals surface area contributed by atoms with E-state index in [9.17, 15) is 0 Å². The summed E-state index contributed by atoms with van der Waals surface area (Å²) in [5.74, 6) is 3.95. The van der Waals surface area contributed by atoms with Crippen molar-refractivity contribution in [3.63, 3.8) is 0 Å². The van der Waals surface area contributed by atoms with E-state index in [1.165, 1.54) is 12.8 Å². The van der Waals surface area contributed by atoms with Crippen LogP contribution >= 0.6 is 11.6 Å². The van der Waals surface area contributed by atoms with Crippen molar-refractivity contribution < 1.29 is 9.47 Å². The molecular formula is C24H28ClN7O2. The Morgan fingerprint density at radius 2 is 1.97 bits per heavy atom. The Morgan fingerprint density at radius 3 is 2.76 bits per heavy atom. The topological polar surface area (TPSA) is 90.2 Å². The van der Waals surface area contributed by atoms with Crippen LogP contribution in [0.2, 0.25) is 5.02 Å². The summed E-state index contributed by atoms with van der Waals surface area (Å²) >= 11 is 6.13. The lowest BCUT2D eigenvalue weighted by molar-refractivity contribution is 0.155. The normalized spacial score (nSPS) is 25.6. The van der Waals surface area contributed by atoms with E-state index < -0.39 is 0 Å². The van der Waals surface area contributed by atoms with Crippen LogP contribution in [0.5, 0.6) is 11.6 Å². The van der Waals surface area contributed by atoms with Gasteiger partial charge in [0.15, 0.2) is 11.9 Å². The number of hydrogen-bond donors (Lipinski definition) is 1. The third-order valence-corrected chi connectivity index (χ3v) is 7.46. The highest BCUT2D eigenvalue weighted by atomic mass is 35.5. The van der Waals surface area contributed by atoms with Crippen molar-refractivity contribution in [2.75, 3.05) is 30.4 Å². The van der Waals surface area contributed by atoms with Crippen LogP contribution in [0.3, 0.4) is 0 Å². The van der Waals surface area contributed by atoms with Gasteiger partial charge in [-0.2, -0.15) is 10.1 Å². The largest absolute Gasteiger partial charge is 0.482 e. The second-order valence-corrected chi connectivity index (χ2v) is 9.79. The molecule has 9 nitrogen and oxygen atoms in total. The third kappa shape index (κ3) is 4.13. The van der Waals surface area contributed by atoms with Gasteiger partial charge in [-0.25, -0.2) is 4.68 Å². The standard InChI is InChI=1S/C24H28ClN7O2/c1-33-21-11-18(12-26-29-21)31-13-15-7-8-16(14-31)22(15)27-24-28-23-20(6-3-9-32(23)30-24)34-19-5-2-4-17(25)10-19/h2,4-5,10-12,15-16,20,22H,3,6-9,13-14H2,1H3,(H,27,30)/t15-,16+,20-,22?/m1/s1. The van der Waals surface area contributed by atoms with Gasteiger partial charge in [0.05, 0.1) is 19.0 Å². The van der Waals surface area contributed by atoms with E-state index >= 15 is 0 Å². The molecule has 2 aromatic heterocycles. The zero-order valence-electron chi connectivity index (χ0n) is 19.1. The third-order valence-electron chi connectivity index (χ3n) is 7.22. The Hall–Kier alpha value is -3.07. The molecule has 1 saturated carbocycles. The lowest BCUT2D eigenvalue weighted by atomic mass is 9.92. The van der Waals surface area contributed by atoms with E-state index in [4.69, 9.17) is 31.2 Å². The molecule has 4 atom stereocenters. The minimum absolute atomic E-state index is 0.122. The number of ether oxygens (including phenoxy) is 2. The smallest absolute Gasteiger partial charge is 0.242 e. The molecule has 1 N–H and O–H groups in total. The highest BCUT2D eigenvalue weighted by Gasteiger charge is 2.43. The average Bonchev–Trinajstić information content (AvgIpc) is 3.36. The van der Waals surface area contributed by atoms with Crippen LogP contribution in [-0.4, -0.2) is 51.2 Å². The van der Waals surface area contributed by atoms with Crippen LogP contribution in [0.15, 0.2) is 36.5 Å². The van der Waals surface area contributed by atoms with E-state index in [2.05, 4.69) is 20.4 Å². The molecule has 1 unspecified atom stereocenters. The molecule has 1 saturated heterocycles. The molecule has 2 fully saturated rings. The van der Waals surface area contributed by atoms with Gasteiger partial charge in [0, 0.05) is 36.8 Å². The van der Waals surface area contributed by atoms with Gasteiger partial charge in [0.2, 0.25) is 11.8 Å². The van der Waals surface area contributed by atoms with Crippen molar-refractivity contribution in [1.82, 2.24) is 25.0 Å². The first-order valence-electron chi connectivity index (χ1n) is 11.9. The maximum atomic E-state index is 6.24. The average molecular weight is 482 g/mol. The Morgan fingerprint density at radius 1 is 1.12 bits per heavy atom. The number of nitrogens with one attached hydrogen (secondary N) is 1. The summed E-state index contributed by atoms with van der Waals surface area (Å²) in [5.41, 5.74) is 1.07. The first kappa shape index (κ1) is 21.5. The second kappa shape index (κ2) is 8.94. The Labute approximate surface area is 203 Å². The fourth-order valence-corrected chi connectivity index (χ4v) is 5.80. The first-order chi connectivity index (χ1) is 16.7. The molecule has 34 heavy (non-hydrogen) atoms. The number of aromatic nitrogens is 5. The number of nitrogens with zero attached hydrogens (tertiary/aromatic N) is 6. The quantitative estimate of drug-likeness (QED) is 0.565. The molecule has 10 heteroatoms. The molecule has 178 valence electrons. The molecule has 0 amide bonds. The Bertz CT molecular complexity index is 1160. The van der Waals surface area contributed by atoms with E-state index in [1.54, 1.807) is 7.11 Å². The lowest BCUT2D eigenvalue weighted by Crippen LogP contribution is -2.48. The van der Waals surface area contributed by atoms with Gasteiger partial charge in [-0.1, -0.05) is 17.7 Å². The fourth-order valence-electron chi connectivity index (χ4n) is 5.62. The number of hydrogen-bond acceptors (Lipinski definition) is 8. The van der Waals surface area contributed by atoms with Crippen molar-refractivity contribution >= 4 is 23.2 Å². The lowest BCUT2D eigenvalue weighted by Gasteiger charge is -2.39. The predicted octanol–water partition coefficient (Wildman–Crippen LogP) is 3.97. The Balaban J connectivity index is 1.16. The van der Waals surface area contributed by atoms with Crippen LogP contribution in [0.4, 0.5) is 11.6 Å². The molecule has 6 rings (SSSR count). The summed E-state index contributed by atoms with van der Waals surface area (Å²) in [6.07, 6.45) is 6.01. The van der Waals surface area contributed by atoms with E-state index in [1.807, 2.05) is 41.2 Å². The van der Waals surface area contributed by atoms with Crippen molar-refractivity contribution in [2.24, 2.45) is 11.8 Å². The van der Waals surface area contributed by atoms with Gasteiger partial charge >= 0.3 is 0 Å². The van der Waals surface area contributed by atoms with Crippen molar-refractivity contribution in [3.8, 4) is 11.6 Å². The number of rotatable bonds is 6. The molecule has 2 bridgehead atoms. The van der Waals surface area contributed by atoms with Crippen LogP contribution in [-0.2, 0) is 6.54 Å². The zero-order valence-corrected chi connectivity index (χ0v) is 19.9. The predicted molar refractivity (Wildman–Crippen MR) is 128 cm³/mol. The van der Waals surface area contributed by atoms with E-state index in [-0.39, 0.29) is 6.10 Å². The highest BCUT2D eigenvalue weighted by Crippen LogP contribution is 2.40. The van der Waals surface area contributed by atoms with Crippen LogP contribution < -0.4 is 19.7 Å². The molecule has 3 aliphatic rings. The molecule has 1 aliphatic carbocycles. The Kier molecular flexibility index (Phi) is 5.64. The summed E-state index contributed by atoms with van der Waals surface area (Å²) in [4.78, 5) is 7.28. The molecule has 3 aromatic rings. The first-order valence-corrected chi connectivity index (χ1v) is 12.3. The molecule has 4 heterocycles. The molecule has 1 aromatic carbocycles. The number of benzene rings is 1. The maximum absolute atomic E-state index is 6.24. The minimum atomic E-state index is -0.122. The van der Waals surface area contributed by atoms with Gasteiger partial charge in [0.25, 0.3) is 0 Å². The van der Waals surface area contributed by atoms with E-state index in [0.29, 0.717) is 34.7 Å². The number of fused-ring (bicyclic) bond motifs is 3. The summed E-state index contributed by atoms with van der Waals surface area (Å²) in [7, 11) is 1.62.